The summed E-state index contributed by atoms with van der Waals surface area (Å²) >= 11 is 1.99. The Labute approximate surface area is 103 Å². The zero-order valence-corrected chi connectivity index (χ0v) is 11.6. The normalized spacial score (nSPS) is 23.1. The first-order valence-corrected chi connectivity index (χ1v) is 7.07. The van der Waals surface area contributed by atoms with E-state index in [0.717, 1.165) is 13.1 Å². The standard InChI is InChI=1S/C12H23NO2S/c1-10-9-16-8-7-13(10)6-5-11(14)15-12(2,3)4/h10H,5-9H2,1-4H3. The van der Waals surface area contributed by atoms with Crippen LogP contribution in [0.15, 0.2) is 0 Å². The molecule has 1 atom stereocenters. The summed E-state index contributed by atoms with van der Waals surface area (Å²) in [4.78, 5) is 13.9. The summed E-state index contributed by atoms with van der Waals surface area (Å²) in [6.07, 6.45) is 0.506. The number of carbonyl (C=O) groups excluding carboxylic acids is 1. The van der Waals surface area contributed by atoms with E-state index in [1.807, 2.05) is 32.5 Å². The molecule has 1 aliphatic rings. The smallest absolute Gasteiger partial charge is 0.307 e. The van der Waals surface area contributed by atoms with Crippen LogP contribution in [0, 0.1) is 0 Å². The number of ether oxygens (including phenoxy) is 1. The molecule has 1 fully saturated rings. The Morgan fingerprint density at radius 3 is 2.75 bits per heavy atom. The number of thioether (sulfide) groups is 1. The van der Waals surface area contributed by atoms with Gasteiger partial charge in [0, 0.05) is 30.6 Å². The third-order valence-electron chi connectivity index (χ3n) is 2.53. The van der Waals surface area contributed by atoms with Crippen LogP contribution in [0.4, 0.5) is 0 Å². The summed E-state index contributed by atoms with van der Waals surface area (Å²) in [5.41, 5.74) is -0.361. The zero-order chi connectivity index (χ0) is 12.2. The van der Waals surface area contributed by atoms with Gasteiger partial charge in [0.25, 0.3) is 0 Å². The highest BCUT2D eigenvalue weighted by atomic mass is 32.2. The molecular weight excluding hydrogens is 222 g/mol. The van der Waals surface area contributed by atoms with Gasteiger partial charge in [0.15, 0.2) is 0 Å². The molecule has 16 heavy (non-hydrogen) atoms. The van der Waals surface area contributed by atoms with E-state index >= 15 is 0 Å². The molecule has 0 amide bonds. The minimum Gasteiger partial charge on any atom is -0.460 e. The van der Waals surface area contributed by atoms with Crippen molar-refractivity contribution in [2.45, 2.75) is 45.8 Å². The van der Waals surface area contributed by atoms with Crippen molar-refractivity contribution in [3.05, 3.63) is 0 Å². The Balaban J connectivity index is 2.25. The number of carbonyl (C=O) groups is 1. The predicted molar refractivity (Wildman–Crippen MR) is 68.8 cm³/mol. The van der Waals surface area contributed by atoms with E-state index in [4.69, 9.17) is 4.74 Å². The van der Waals surface area contributed by atoms with Crippen molar-refractivity contribution < 1.29 is 9.53 Å². The van der Waals surface area contributed by atoms with Gasteiger partial charge >= 0.3 is 5.97 Å². The van der Waals surface area contributed by atoms with Crippen molar-refractivity contribution in [2.24, 2.45) is 0 Å². The molecule has 4 heteroatoms. The Hall–Kier alpha value is -0.220. The Bertz CT molecular complexity index is 238. The first-order valence-electron chi connectivity index (χ1n) is 5.92. The molecule has 0 bridgehead atoms. The topological polar surface area (TPSA) is 29.5 Å². The van der Waals surface area contributed by atoms with Gasteiger partial charge in [-0.05, 0) is 27.7 Å². The molecule has 0 N–H and O–H groups in total. The molecule has 3 nitrogen and oxygen atoms in total. The van der Waals surface area contributed by atoms with Crippen LogP contribution in [0.1, 0.15) is 34.1 Å². The van der Waals surface area contributed by atoms with Crippen molar-refractivity contribution in [1.82, 2.24) is 4.90 Å². The van der Waals surface area contributed by atoms with Crippen LogP contribution in [-0.2, 0) is 9.53 Å². The van der Waals surface area contributed by atoms with E-state index in [2.05, 4.69) is 11.8 Å². The SMILES string of the molecule is CC1CSCCN1CCC(=O)OC(C)(C)C. The van der Waals surface area contributed by atoms with Crippen molar-refractivity contribution in [3.8, 4) is 0 Å². The summed E-state index contributed by atoms with van der Waals surface area (Å²) in [6.45, 7) is 9.87. The lowest BCUT2D eigenvalue weighted by Gasteiger charge is -2.32. The molecule has 0 aromatic heterocycles. The fourth-order valence-corrected chi connectivity index (χ4v) is 2.80. The molecule has 94 valence electrons. The average molecular weight is 245 g/mol. The van der Waals surface area contributed by atoms with Gasteiger partial charge in [-0.2, -0.15) is 11.8 Å². The lowest BCUT2D eigenvalue weighted by Crippen LogP contribution is -2.41. The van der Waals surface area contributed by atoms with Gasteiger partial charge < -0.3 is 4.74 Å². The monoisotopic (exact) mass is 245 g/mol. The van der Waals surface area contributed by atoms with Gasteiger partial charge in [-0.15, -0.1) is 0 Å². The lowest BCUT2D eigenvalue weighted by molar-refractivity contribution is -0.155. The summed E-state index contributed by atoms with van der Waals surface area (Å²) in [6, 6.07) is 0.584. The maximum atomic E-state index is 11.6. The highest BCUT2D eigenvalue weighted by Crippen LogP contribution is 2.16. The van der Waals surface area contributed by atoms with Gasteiger partial charge in [-0.25, -0.2) is 0 Å². The minimum atomic E-state index is -0.361. The predicted octanol–water partition coefficient (Wildman–Crippen LogP) is 2.16. The number of rotatable bonds is 3. The molecule has 1 saturated heterocycles. The highest BCUT2D eigenvalue weighted by molar-refractivity contribution is 7.99. The second-order valence-electron chi connectivity index (χ2n) is 5.30. The maximum Gasteiger partial charge on any atom is 0.307 e. The van der Waals surface area contributed by atoms with E-state index in [1.165, 1.54) is 11.5 Å². The third kappa shape index (κ3) is 5.21. The zero-order valence-electron chi connectivity index (χ0n) is 10.8. The van der Waals surface area contributed by atoms with Crippen LogP contribution < -0.4 is 0 Å². The molecule has 0 aliphatic carbocycles. The van der Waals surface area contributed by atoms with Crippen LogP contribution in [-0.4, -0.2) is 47.1 Å². The number of nitrogens with zero attached hydrogens (tertiary/aromatic N) is 1. The van der Waals surface area contributed by atoms with Crippen LogP contribution in [0.5, 0.6) is 0 Å². The number of hydrogen-bond donors (Lipinski definition) is 0. The van der Waals surface area contributed by atoms with Gasteiger partial charge in [0.1, 0.15) is 5.60 Å². The Morgan fingerprint density at radius 1 is 1.50 bits per heavy atom. The maximum absolute atomic E-state index is 11.6. The summed E-state index contributed by atoms with van der Waals surface area (Å²) in [5, 5.41) is 0. The van der Waals surface area contributed by atoms with Crippen molar-refractivity contribution in [3.63, 3.8) is 0 Å². The summed E-state index contributed by atoms with van der Waals surface area (Å²) in [7, 11) is 0. The third-order valence-corrected chi connectivity index (χ3v) is 3.72. The second kappa shape index (κ2) is 5.92. The van der Waals surface area contributed by atoms with E-state index in [0.29, 0.717) is 12.5 Å². The van der Waals surface area contributed by atoms with Gasteiger partial charge in [-0.3, -0.25) is 9.69 Å². The fraction of sp³-hybridized carbons (Fsp3) is 0.917. The first kappa shape index (κ1) is 13.8. The largest absolute Gasteiger partial charge is 0.460 e. The van der Waals surface area contributed by atoms with Crippen LogP contribution in [0.3, 0.4) is 0 Å². The van der Waals surface area contributed by atoms with Gasteiger partial charge in [0.05, 0.1) is 6.42 Å². The Kier molecular flexibility index (Phi) is 5.12. The fourth-order valence-electron chi connectivity index (χ4n) is 1.72. The van der Waals surface area contributed by atoms with Crippen molar-refractivity contribution in [1.29, 1.82) is 0 Å². The highest BCUT2D eigenvalue weighted by Gasteiger charge is 2.21. The molecule has 0 radical (unpaired) electrons. The van der Waals surface area contributed by atoms with Crippen molar-refractivity contribution in [2.75, 3.05) is 24.6 Å². The lowest BCUT2D eigenvalue weighted by atomic mass is 10.2. The average Bonchev–Trinajstić information content (AvgIpc) is 2.14. The molecule has 1 unspecified atom stereocenters. The minimum absolute atomic E-state index is 0.0853. The first-order chi connectivity index (χ1) is 7.38. The van der Waals surface area contributed by atoms with E-state index in [1.54, 1.807) is 0 Å². The molecule has 1 rings (SSSR count). The van der Waals surface area contributed by atoms with Gasteiger partial charge in [-0.1, -0.05) is 0 Å². The van der Waals surface area contributed by atoms with Crippen molar-refractivity contribution >= 4 is 17.7 Å². The van der Waals surface area contributed by atoms with Crippen LogP contribution >= 0.6 is 11.8 Å². The van der Waals surface area contributed by atoms with E-state index in [9.17, 15) is 4.79 Å². The Morgan fingerprint density at radius 2 is 2.19 bits per heavy atom. The molecular formula is C12H23NO2S. The molecule has 0 aromatic carbocycles. The van der Waals surface area contributed by atoms with E-state index < -0.39 is 0 Å². The van der Waals surface area contributed by atoms with Crippen LogP contribution in [0.25, 0.3) is 0 Å². The van der Waals surface area contributed by atoms with Gasteiger partial charge in [0.2, 0.25) is 0 Å². The molecule has 1 aliphatic heterocycles. The summed E-state index contributed by atoms with van der Waals surface area (Å²) in [5.74, 6) is 2.27. The molecule has 0 spiro atoms. The second-order valence-corrected chi connectivity index (χ2v) is 6.45. The quantitative estimate of drug-likeness (QED) is 0.713. The van der Waals surface area contributed by atoms with E-state index in [-0.39, 0.29) is 11.6 Å². The number of hydrogen-bond acceptors (Lipinski definition) is 4. The van der Waals surface area contributed by atoms with Crippen LogP contribution in [0.2, 0.25) is 0 Å². The number of esters is 1. The molecule has 0 saturated carbocycles. The summed E-state index contributed by atoms with van der Waals surface area (Å²) < 4.78 is 5.29. The molecule has 0 aromatic rings. The molecule has 1 heterocycles.